The van der Waals surface area contributed by atoms with Gasteiger partial charge in [-0.15, -0.1) is 0 Å². The van der Waals surface area contributed by atoms with E-state index in [-0.39, 0.29) is 18.4 Å². The second-order valence-corrected chi connectivity index (χ2v) is 3.40. The van der Waals surface area contributed by atoms with Gasteiger partial charge in [-0.1, -0.05) is 6.42 Å². The predicted molar refractivity (Wildman–Crippen MR) is 48.3 cm³/mol. The largest absolute Gasteiger partial charge is 0.469 e. The molecule has 0 bridgehead atoms. The number of piperidine rings is 1. The summed E-state index contributed by atoms with van der Waals surface area (Å²) in [6.45, 7) is 0.933. The maximum Gasteiger partial charge on any atom is 0.308 e. The number of carbonyl (C=O) groups is 1. The Morgan fingerprint density at radius 3 is 3.00 bits per heavy atom. The maximum atomic E-state index is 10.9. The van der Waals surface area contributed by atoms with Crippen LogP contribution in [0.25, 0.3) is 0 Å². The number of nitrogens with one attached hydrogen (secondary N) is 1. The van der Waals surface area contributed by atoms with E-state index in [1.54, 1.807) is 0 Å². The van der Waals surface area contributed by atoms with Crippen molar-refractivity contribution >= 4 is 5.97 Å². The van der Waals surface area contributed by atoms with Crippen molar-refractivity contribution in [3.8, 4) is 0 Å². The summed E-state index contributed by atoms with van der Waals surface area (Å²) in [5.74, 6) is -0.347. The first-order chi connectivity index (χ1) is 6.24. The van der Waals surface area contributed by atoms with E-state index in [4.69, 9.17) is 0 Å². The lowest BCUT2D eigenvalue weighted by Crippen LogP contribution is -2.44. The molecule has 4 nitrogen and oxygen atoms in total. The molecule has 0 amide bonds. The van der Waals surface area contributed by atoms with Gasteiger partial charge in [0.2, 0.25) is 0 Å². The minimum absolute atomic E-state index is 0.0628. The maximum absolute atomic E-state index is 10.9. The number of methoxy groups -OCH3 is 1. The highest BCUT2D eigenvalue weighted by Gasteiger charge is 2.23. The van der Waals surface area contributed by atoms with Crippen molar-refractivity contribution in [3.63, 3.8) is 0 Å². The molecule has 0 aromatic rings. The summed E-state index contributed by atoms with van der Waals surface area (Å²) in [5, 5.41) is 12.8. The quantitative estimate of drug-likeness (QED) is 0.613. The van der Waals surface area contributed by atoms with Gasteiger partial charge in [-0.3, -0.25) is 4.79 Å². The lowest BCUT2D eigenvalue weighted by atomic mass is 9.98. The summed E-state index contributed by atoms with van der Waals surface area (Å²) >= 11 is 0. The van der Waals surface area contributed by atoms with Gasteiger partial charge in [-0.25, -0.2) is 0 Å². The third kappa shape index (κ3) is 3.32. The van der Waals surface area contributed by atoms with Gasteiger partial charge in [0.05, 0.1) is 19.6 Å². The van der Waals surface area contributed by atoms with E-state index in [1.807, 2.05) is 0 Å². The first-order valence-corrected chi connectivity index (χ1v) is 4.72. The SMILES string of the molecule is COC(=O)CC(O)C1CCCCN1. The van der Waals surface area contributed by atoms with Crippen molar-refractivity contribution in [2.75, 3.05) is 13.7 Å². The molecule has 0 aliphatic carbocycles. The van der Waals surface area contributed by atoms with Crippen LogP contribution in [0.15, 0.2) is 0 Å². The molecule has 1 rings (SSSR count). The predicted octanol–water partition coefficient (Wildman–Crippen LogP) is 0.0525. The summed E-state index contributed by atoms with van der Waals surface area (Å²) in [4.78, 5) is 10.9. The summed E-state index contributed by atoms with van der Waals surface area (Å²) < 4.78 is 4.48. The molecule has 76 valence electrons. The topological polar surface area (TPSA) is 58.6 Å². The number of aliphatic hydroxyl groups is 1. The van der Waals surface area contributed by atoms with Gasteiger partial charge < -0.3 is 15.2 Å². The van der Waals surface area contributed by atoms with Crippen LogP contribution in [0.1, 0.15) is 25.7 Å². The fourth-order valence-corrected chi connectivity index (χ4v) is 1.60. The molecule has 0 aromatic heterocycles. The summed E-state index contributed by atoms with van der Waals surface area (Å²) in [5.41, 5.74) is 0. The van der Waals surface area contributed by atoms with Crippen molar-refractivity contribution in [3.05, 3.63) is 0 Å². The van der Waals surface area contributed by atoms with Gasteiger partial charge in [0.25, 0.3) is 0 Å². The van der Waals surface area contributed by atoms with Crippen LogP contribution in [-0.4, -0.2) is 36.9 Å². The number of aliphatic hydroxyl groups excluding tert-OH is 1. The van der Waals surface area contributed by atoms with Crippen molar-refractivity contribution in [1.82, 2.24) is 5.32 Å². The normalized spacial score (nSPS) is 25.2. The highest BCUT2D eigenvalue weighted by atomic mass is 16.5. The first-order valence-electron chi connectivity index (χ1n) is 4.72. The van der Waals surface area contributed by atoms with Crippen LogP contribution in [-0.2, 0) is 9.53 Å². The molecule has 2 atom stereocenters. The minimum Gasteiger partial charge on any atom is -0.469 e. The Balaban J connectivity index is 2.28. The molecule has 0 aromatic carbocycles. The van der Waals surface area contributed by atoms with Crippen LogP contribution in [0, 0.1) is 0 Å². The molecule has 4 heteroatoms. The first kappa shape index (κ1) is 10.5. The van der Waals surface area contributed by atoms with E-state index in [9.17, 15) is 9.90 Å². The van der Waals surface area contributed by atoms with Crippen molar-refractivity contribution in [2.45, 2.75) is 37.8 Å². The highest BCUT2D eigenvalue weighted by molar-refractivity contribution is 5.69. The van der Waals surface area contributed by atoms with Gasteiger partial charge >= 0.3 is 5.97 Å². The molecule has 1 saturated heterocycles. The standard InChI is InChI=1S/C9H17NO3/c1-13-9(12)6-8(11)7-4-2-3-5-10-7/h7-8,10-11H,2-6H2,1H3. The zero-order chi connectivity index (χ0) is 9.68. The number of ether oxygens (including phenoxy) is 1. The van der Waals surface area contributed by atoms with E-state index in [0.717, 1.165) is 25.8 Å². The van der Waals surface area contributed by atoms with Gasteiger partial charge in [0.15, 0.2) is 0 Å². The van der Waals surface area contributed by atoms with Crippen LogP contribution >= 0.6 is 0 Å². The van der Waals surface area contributed by atoms with Crippen LogP contribution < -0.4 is 5.32 Å². The van der Waals surface area contributed by atoms with E-state index in [0.29, 0.717) is 0 Å². The third-order valence-electron chi connectivity index (χ3n) is 2.42. The van der Waals surface area contributed by atoms with Crippen LogP contribution in [0.2, 0.25) is 0 Å². The Morgan fingerprint density at radius 1 is 1.69 bits per heavy atom. The third-order valence-corrected chi connectivity index (χ3v) is 2.42. The van der Waals surface area contributed by atoms with Crippen molar-refractivity contribution < 1.29 is 14.6 Å². The molecule has 0 saturated carbocycles. The summed E-state index contributed by atoms with van der Waals surface area (Å²) in [6.07, 6.45) is 2.71. The monoisotopic (exact) mass is 187 g/mol. The molecule has 1 aliphatic heterocycles. The van der Waals surface area contributed by atoms with Gasteiger partial charge in [-0.05, 0) is 19.4 Å². The second kappa shape index (κ2) is 5.19. The number of carbonyl (C=O) groups excluding carboxylic acids is 1. The van der Waals surface area contributed by atoms with Crippen molar-refractivity contribution in [1.29, 1.82) is 0 Å². The molecule has 0 spiro atoms. The molecule has 13 heavy (non-hydrogen) atoms. The Kier molecular flexibility index (Phi) is 4.18. The Hall–Kier alpha value is -0.610. The van der Waals surface area contributed by atoms with Crippen LogP contribution in [0.4, 0.5) is 0 Å². The smallest absolute Gasteiger partial charge is 0.308 e. The number of hydrogen-bond donors (Lipinski definition) is 2. The van der Waals surface area contributed by atoms with E-state index >= 15 is 0 Å². The molecular weight excluding hydrogens is 170 g/mol. The zero-order valence-corrected chi connectivity index (χ0v) is 7.95. The Labute approximate surface area is 78.3 Å². The summed E-state index contributed by atoms with van der Waals surface area (Å²) in [7, 11) is 1.34. The van der Waals surface area contributed by atoms with Crippen LogP contribution in [0.3, 0.4) is 0 Å². The van der Waals surface area contributed by atoms with Crippen molar-refractivity contribution in [2.24, 2.45) is 0 Å². The van der Waals surface area contributed by atoms with Gasteiger partial charge in [-0.2, -0.15) is 0 Å². The number of rotatable bonds is 3. The van der Waals surface area contributed by atoms with E-state index in [1.165, 1.54) is 7.11 Å². The molecule has 0 radical (unpaired) electrons. The molecular formula is C9H17NO3. The average molecular weight is 187 g/mol. The molecule has 1 aliphatic rings. The Morgan fingerprint density at radius 2 is 2.46 bits per heavy atom. The number of esters is 1. The van der Waals surface area contributed by atoms with E-state index < -0.39 is 6.10 Å². The minimum atomic E-state index is -0.604. The highest BCUT2D eigenvalue weighted by Crippen LogP contribution is 2.12. The zero-order valence-electron chi connectivity index (χ0n) is 7.95. The lowest BCUT2D eigenvalue weighted by molar-refractivity contribution is -0.143. The molecule has 1 heterocycles. The Bertz CT molecular complexity index is 166. The second-order valence-electron chi connectivity index (χ2n) is 3.40. The van der Waals surface area contributed by atoms with Gasteiger partial charge in [0.1, 0.15) is 0 Å². The van der Waals surface area contributed by atoms with E-state index in [2.05, 4.69) is 10.1 Å². The molecule has 2 unspecified atom stereocenters. The number of hydrogen-bond acceptors (Lipinski definition) is 4. The lowest BCUT2D eigenvalue weighted by Gasteiger charge is -2.27. The fraction of sp³-hybridized carbons (Fsp3) is 0.889. The summed E-state index contributed by atoms with van der Waals surface area (Å²) in [6, 6.07) is 0.0628. The van der Waals surface area contributed by atoms with Crippen LogP contribution in [0.5, 0.6) is 0 Å². The fourth-order valence-electron chi connectivity index (χ4n) is 1.60. The molecule has 2 N–H and O–H groups in total. The van der Waals surface area contributed by atoms with Gasteiger partial charge in [0, 0.05) is 6.04 Å². The average Bonchev–Trinajstić information content (AvgIpc) is 2.19. The molecule has 1 fully saturated rings.